The van der Waals surface area contributed by atoms with Crippen LogP contribution in [0.4, 0.5) is 5.69 Å². The summed E-state index contributed by atoms with van der Waals surface area (Å²) < 4.78 is 0. The van der Waals surface area contributed by atoms with E-state index >= 15 is 0 Å². The molecule has 0 amide bonds. The minimum Gasteiger partial charge on any atom is -0.373 e. The van der Waals surface area contributed by atoms with Crippen molar-refractivity contribution in [1.29, 1.82) is 0 Å². The first-order valence-electron chi connectivity index (χ1n) is 6.70. The van der Waals surface area contributed by atoms with Gasteiger partial charge in [-0.25, -0.2) is 0 Å². The summed E-state index contributed by atoms with van der Waals surface area (Å²) in [5, 5.41) is 4.08. The number of hydrogen-bond donors (Lipinski definition) is 1. The molecule has 0 bridgehead atoms. The van der Waals surface area contributed by atoms with Crippen molar-refractivity contribution in [2.45, 2.75) is 43.9 Å². The second kappa shape index (κ2) is 7.70. The number of nitrogens with zero attached hydrogens (tertiary/aromatic N) is 1. The molecule has 1 aromatic rings. The van der Waals surface area contributed by atoms with Gasteiger partial charge in [-0.3, -0.25) is 0 Å². The molecule has 1 N–H and O–H groups in total. The highest BCUT2D eigenvalue weighted by molar-refractivity contribution is 7.99. The molecule has 0 aromatic heterocycles. The fourth-order valence-electron chi connectivity index (χ4n) is 1.70. The maximum absolute atomic E-state index is 3.44. The van der Waals surface area contributed by atoms with E-state index in [2.05, 4.69) is 69.2 Å². The van der Waals surface area contributed by atoms with Crippen molar-refractivity contribution in [3.63, 3.8) is 0 Å². The Morgan fingerprint density at radius 1 is 1.11 bits per heavy atom. The zero-order valence-electron chi connectivity index (χ0n) is 12.2. The molecule has 0 saturated heterocycles. The molecule has 0 saturated carbocycles. The Bertz CT molecular complexity index is 333. The van der Waals surface area contributed by atoms with Crippen molar-refractivity contribution in [2.75, 3.05) is 25.0 Å². The number of anilines is 1. The van der Waals surface area contributed by atoms with Gasteiger partial charge in [0.05, 0.1) is 0 Å². The molecule has 0 aliphatic heterocycles. The lowest BCUT2D eigenvalue weighted by Gasteiger charge is -2.20. The van der Waals surface area contributed by atoms with Crippen LogP contribution in [0.5, 0.6) is 0 Å². The number of likely N-dealkylation sites (N-methyl/N-ethyl adjacent to an activating group) is 1. The van der Waals surface area contributed by atoms with Crippen LogP contribution in [-0.4, -0.2) is 31.4 Å². The van der Waals surface area contributed by atoms with Crippen molar-refractivity contribution >= 4 is 17.4 Å². The second-order valence-electron chi connectivity index (χ2n) is 5.19. The summed E-state index contributed by atoms with van der Waals surface area (Å²) in [4.78, 5) is 3.64. The maximum Gasteiger partial charge on any atom is 0.0364 e. The lowest BCUT2D eigenvalue weighted by atomic mass is 10.3. The van der Waals surface area contributed by atoms with E-state index in [1.54, 1.807) is 0 Å². The Morgan fingerprint density at radius 2 is 1.72 bits per heavy atom. The van der Waals surface area contributed by atoms with Crippen LogP contribution in [0.3, 0.4) is 0 Å². The van der Waals surface area contributed by atoms with Crippen molar-refractivity contribution in [3.05, 3.63) is 24.3 Å². The molecule has 0 fully saturated rings. The van der Waals surface area contributed by atoms with Gasteiger partial charge in [0.1, 0.15) is 0 Å². The first-order chi connectivity index (χ1) is 8.49. The standard InChI is InChI=1S/C15H26N2S/c1-12(2)16-10-11-17(5)14-6-8-15(9-7-14)18-13(3)4/h6-9,12-13,16H,10-11H2,1-5H3. The molecule has 102 valence electrons. The lowest BCUT2D eigenvalue weighted by Crippen LogP contribution is -2.32. The van der Waals surface area contributed by atoms with Gasteiger partial charge in [-0.15, -0.1) is 11.8 Å². The Balaban J connectivity index is 2.46. The van der Waals surface area contributed by atoms with E-state index in [4.69, 9.17) is 0 Å². The number of benzene rings is 1. The number of rotatable bonds is 7. The van der Waals surface area contributed by atoms with Crippen molar-refractivity contribution in [1.82, 2.24) is 5.32 Å². The van der Waals surface area contributed by atoms with Gasteiger partial charge in [0.15, 0.2) is 0 Å². The van der Waals surface area contributed by atoms with Gasteiger partial charge in [0.25, 0.3) is 0 Å². The molecule has 0 aliphatic carbocycles. The summed E-state index contributed by atoms with van der Waals surface area (Å²) in [6, 6.07) is 9.40. The molecule has 0 radical (unpaired) electrons. The molecule has 0 unspecified atom stereocenters. The largest absolute Gasteiger partial charge is 0.373 e. The monoisotopic (exact) mass is 266 g/mol. The van der Waals surface area contributed by atoms with Crippen LogP contribution >= 0.6 is 11.8 Å². The fourth-order valence-corrected chi connectivity index (χ4v) is 2.54. The first-order valence-corrected chi connectivity index (χ1v) is 7.58. The SMILES string of the molecule is CC(C)NCCN(C)c1ccc(SC(C)C)cc1. The maximum atomic E-state index is 3.44. The summed E-state index contributed by atoms with van der Waals surface area (Å²) in [7, 11) is 2.15. The van der Waals surface area contributed by atoms with E-state index in [1.807, 2.05) is 11.8 Å². The van der Waals surface area contributed by atoms with Gasteiger partial charge in [-0.1, -0.05) is 27.7 Å². The van der Waals surface area contributed by atoms with E-state index in [9.17, 15) is 0 Å². The highest BCUT2D eigenvalue weighted by atomic mass is 32.2. The van der Waals surface area contributed by atoms with Gasteiger partial charge < -0.3 is 10.2 Å². The van der Waals surface area contributed by atoms with E-state index in [-0.39, 0.29) is 0 Å². The van der Waals surface area contributed by atoms with E-state index in [0.717, 1.165) is 13.1 Å². The summed E-state index contributed by atoms with van der Waals surface area (Å²) >= 11 is 1.91. The average molecular weight is 266 g/mol. The number of nitrogens with one attached hydrogen (secondary N) is 1. The van der Waals surface area contributed by atoms with Crippen molar-refractivity contribution in [2.24, 2.45) is 0 Å². The zero-order chi connectivity index (χ0) is 13.5. The highest BCUT2D eigenvalue weighted by Crippen LogP contribution is 2.25. The third-order valence-corrected chi connectivity index (χ3v) is 3.66. The average Bonchev–Trinajstić information content (AvgIpc) is 2.28. The van der Waals surface area contributed by atoms with Gasteiger partial charge >= 0.3 is 0 Å². The molecule has 3 heteroatoms. The number of hydrogen-bond acceptors (Lipinski definition) is 3. The van der Waals surface area contributed by atoms with Crippen molar-refractivity contribution < 1.29 is 0 Å². The highest BCUT2D eigenvalue weighted by Gasteiger charge is 2.02. The summed E-state index contributed by atoms with van der Waals surface area (Å²) in [6.07, 6.45) is 0. The fraction of sp³-hybridized carbons (Fsp3) is 0.600. The summed E-state index contributed by atoms with van der Waals surface area (Å²) in [5.74, 6) is 0. The van der Waals surface area contributed by atoms with E-state index in [1.165, 1.54) is 10.6 Å². The van der Waals surface area contributed by atoms with Gasteiger partial charge in [-0.2, -0.15) is 0 Å². The Labute approximate surface area is 116 Å². The molecule has 0 atom stereocenters. The Kier molecular flexibility index (Phi) is 6.58. The molecular formula is C15H26N2S. The third-order valence-electron chi connectivity index (χ3n) is 2.65. The molecule has 0 aliphatic rings. The predicted molar refractivity (Wildman–Crippen MR) is 83.8 cm³/mol. The first kappa shape index (κ1) is 15.4. The van der Waals surface area contributed by atoms with Crippen LogP contribution in [0, 0.1) is 0 Å². The summed E-state index contributed by atoms with van der Waals surface area (Å²) in [6.45, 7) is 10.9. The molecule has 0 spiro atoms. The van der Waals surface area contributed by atoms with Gasteiger partial charge in [0.2, 0.25) is 0 Å². The topological polar surface area (TPSA) is 15.3 Å². The van der Waals surface area contributed by atoms with Crippen LogP contribution < -0.4 is 10.2 Å². The lowest BCUT2D eigenvalue weighted by molar-refractivity contribution is 0.589. The molecular weight excluding hydrogens is 240 g/mol. The van der Waals surface area contributed by atoms with Crippen LogP contribution in [0.25, 0.3) is 0 Å². The number of thioether (sulfide) groups is 1. The van der Waals surface area contributed by atoms with Crippen LogP contribution in [0.15, 0.2) is 29.2 Å². The van der Waals surface area contributed by atoms with Gasteiger partial charge in [0, 0.05) is 42.0 Å². The zero-order valence-corrected chi connectivity index (χ0v) is 13.1. The van der Waals surface area contributed by atoms with Crippen molar-refractivity contribution in [3.8, 4) is 0 Å². The van der Waals surface area contributed by atoms with E-state index in [0.29, 0.717) is 11.3 Å². The minimum absolute atomic E-state index is 0.559. The third kappa shape index (κ3) is 5.78. The predicted octanol–water partition coefficient (Wildman–Crippen LogP) is 3.62. The van der Waals surface area contributed by atoms with E-state index < -0.39 is 0 Å². The van der Waals surface area contributed by atoms with Gasteiger partial charge in [-0.05, 0) is 24.3 Å². The molecule has 2 nitrogen and oxygen atoms in total. The van der Waals surface area contributed by atoms with Crippen LogP contribution in [-0.2, 0) is 0 Å². The summed E-state index contributed by atoms with van der Waals surface area (Å²) in [5.41, 5.74) is 1.29. The van der Waals surface area contributed by atoms with Crippen LogP contribution in [0.1, 0.15) is 27.7 Å². The smallest absolute Gasteiger partial charge is 0.0364 e. The Hall–Kier alpha value is -0.670. The molecule has 18 heavy (non-hydrogen) atoms. The second-order valence-corrected chi connectivity index (χ2v) is 6.84. The molecule has 1 rings (SSSR count). The minimum atomic E-state index is 0.559. The molecule has 0 heterocycles. The Morgan fingerprint density at radius 3 is 2.22 bits per heavy atom. The molecule has 1 aromatic carbocycles. The van der Waals surface area contributed by atoms with Crippen LogP contribution in [0.2, 0.25) is 0 Å². The quantitative estimate of drug-likeness (QED) is 0.759. The normalized spacial score (nSPS) is 11.3.